The van der Waals surface area contributed by atoms with Gasteiger partial charge in [-0.2, -0.15) is 0 Å². The van der Waals surface area contributed by atoms with Gasteiger partial charge in [-0.15, -0.1) is 0 Å². The van der Waals surface area contributed by atoms with E-state index in [1.165, 1.54) is 11.3 Å². The molecule has 0 aliphatic carbocycles. The summed E-state index contributed by atoms with van der Waals surface area (Å²) in [5.74, 6) is 0. The van der Waals surface area contributed by atoms with Gasteiger partial charge in [-0.1, -0.05) is 6.92 Å². The van der Waals surface area contributed by atoms with Crippen molar-refractivity contribution < 1.29 is 4.74 Å². The number of ether oxygens (including phenoxy) is 1. The van der Waals surface area contributed by atoms with Crippen molar-refractivity contribution in [3.8, 4) is 0 Å². The van der Waals surface area contributed by atoms with E-state index in [1.807, 2.05) is 6.20 Å². The van der Waals surface area contributed by atoms with E-state index in [0.29, 0.717) is 6.04 Å². The smallest absolute Gasteiger partial charge is 0.0668 e. The molecule has 106 valence electrons. The topological polar surface area (TPSA) is 37.4 Å². The number of aromatic nitrogens is 1. The number of aryl methyl sites for hydroxylation is 1. The molecular weight excluding hydrogens is 238 g/mol. The Hall–Kier alpha value is -1.13. The van der Waals surface area contributed by atoms with Crippen molar-refractivity contribution in [3.05, 3.63) is 23.5 Å². The second-order valence-electron chi connectivity index (χ2n) is 5.25. The van der Waals surface area contributed by atoms with Crippen LogP contribution in [0.2, 0.25) is 0 Å². The fraction of sp³-hybridized carbons (Fsp3) is 0.667. The molecule has 1 aliphatic heterocycles. The molecule has 1 aromatic heterocycles. The Bertz CT molecular complexity index is 408. The molecule has 0 amide bonds. The Kier molecular flexibility index (Phi) is 5.16. The standard InChI is InChI=1S/C15H25N3O/c1-4-5-16-9-14-10-17-12(2)8-15(14)18-6-7-19-11-13(18)3/h8,10,13,16H,4-7,9,11H2,1-3H3. The SMILES string of the molecule is CCCNCc1cnc(C)cc1N1CCOCC1C. The molecular formula is C15H25N3O. The van der Waals surface area contributed by atoms with Crippen molar-refractivity contribution >= 4 is 5.69 Å². The van der Waals surface area contributed by atoms with Gasteiger partial charge in [0.1, 0.15) is 0 Å². The summed E-state index contributed by atoms with van der Waals surface area (Å²) in [6.45, 7) is 11.0. The molecule has 4 heteroatoms. The van der Waals surface area contributed by atoms with Crippen LogP contribution in [0.25, 0.3) is 0 Å². The van der Waals surface area contributed by atoms with Gasteiger partial charge in [0, 0.05) is 42.3 Å². The third-order valence-electron chi connectivity index (χ3n) is 3.52. The zero-order valence-electron chi connectivity index (χ0n) is 12.3. The first kappa shape index (κ1) is 14.3. The molecule has 0 spiro atoms. The number of rotatable bonds is 5. The maximum absolute atomic E-state index is 5.53. The van der Waals surface area contributed by atoms with Crippen LogP contribution in [0, 0.1) is 6.92 Å². The van der Waals surface area contributed by atoms with Crippen LogP contribution in [0.4, 0.5) is 5.69 Å². The third kappa shape index (κ3) is 3.67. The van der Waals surface area contributed by atoms with Crippen LogP contribution in [0.15, 0.2) is 12.3 Å². The Labute approximate surface area is 116 Å². The highest BCUT2D eigenvalue weighted by Gasteiger charge is 2.21. The minimum absolute atomic E-state index is 0.431. The second kappa shape index (κ2) is 6.87. The summed E-state index contributed by atoms with van der Waals surface area (Å²) in [6.07, 6.45) is 3.16. The quantitative estimate of drug-likeness (QED) is 0.826. The van der Waals surface area contributed by atoms with E-state index in [0.717, 1.165) is 45.0 Å². The van der Waals surface area contributed by atoms with Gasteiger partial charge in [0.2, 0.25) is 0 Å². The van der Waals surface area contributed by atoms with Gasteiger partial charge < -0.3 is 15.0 Å². The van der Waals surface area contributed by atoms with E-state index in [9.17, 15) is 0 Å². The molecule has 1 aromatic rings. The van der Waals surface area contributed by atoms with Crippen molar-refractivity contribution in [1.29, 1.82) is 0 Å². The van der Waals surface area contributed by atoms with Crippen molar-refractivity contribution in [3.63, 3.8) is 0 Å². The molecule has 0 saturated carbocycles. The Morgan fingerprint density at radius 3 is 3.11 bits per heavy atom. The highest BCUT2D eigenvalue weighted by Crippen LogP contribution is 2.24. The largest absolute Gasteiger partial charge is 0.377 e. The number of hydrogen-bond donors (Lipinski definition) is 1. The van der Waals surface area contributed by atoms with Crippen LogP contribution in [0.1, 0.15) is 31.5 Å². The number of morpholine rings is 1. The molecule has 1 N–H and O–H groups in total. The summed E-state index contributed by atoms with van der Waals surface area (Å²) >= 11 is 0. The first-order valence-corrected chi connectivity index (χ1v) is 7.23. The zero-order valence-corrected chi connectivity index (χ0v) is 12.3. The normalized spacial score (nSPS) is 19.7. The summed E-state index contributed by atoms with van der Waals surface area (Å²) < 4.78 is 5.53. The lowest BCUT2D eigenvalue weighted by molar-refractivity contribution is 0.0988. The van der Waals surface area contributed by atoms with Crippen LogP contribution in [-0.2, 0) is 11.3 Å². The molecule has 2 rings (SSSR count). The predicted octanol–water partition coefficient (Wildman–Crippen LogP) is 2.11. The van der Waals surface area contributed by atoms with E-state index in [-0.39, 0.29) is 0 Å². The minimum atomic E-state index is 0.431. The van der Waals surface area contributed by atoms with E-state index in [2.05, 4.69) is 42.0 Å². The van der Waals surface area contributed by atoms with Crippen molar-refractivity contribution in [2.75, 3.05) is 31.2 Å². The first-order chi connectivity index (χ1) is 9.22. The lowest BCUT2D eigenvalue weighted by atomic mass is 10.1. The molecule has 1 fully saturated rings. The average Bonchev–Trinajstić information content (AvgIpc) is 2.41. The molecule has 1 unspecified atom stereocenters. The van der Waals surface area contributed by atoms with Crippen LogP contribution in [0.5, 0.6) is 0 Å². The van der Waals surface area contributed by atoms with Gasteiger partial charge in [0.25, 0.3) is 0 Å². The molecule has 1 atom stereocenters. The molecule has 0 bridgehead atoms. The van der Waals surface area contributed by atoms with Gasteiger partial charge in [-0.25, -0.2) is 0 Å². The molecule has 1 aliphatic rings. The Morgan fingerprint density at radius 2 is 2.37 bits per heavy atom. The minimum Gasteiger partial charge on any atom is -0.377 e. The molecule has 4 nitrogen and oxygen atoms in total. The molecule has 1 saturated heterocycles. The van der Waals surface area contributed by atoms with Crippen molar-refractivity contribution in [2.24, 2.45) is 0 Å². The predicted molar refractivity (Wildman–Crippen MR) is 78.6 cm³/mol. The third-order valence-corrected chi connectivity index (χ3v) is 3.52. The summed E-state index contributed by atoms with van der Waals surface area (Å²) in [6, 6.07) is 2.63. The number of anilines is 1. The molecule has 2 heterocycles. The lowest BCUT2D eigenvalue weighted by Crippen LogP contribution is -2.44. The van der Waals surface area contributed by atoms with E-state index < -0.39 is 0 Å². The summed E-state index contributed by atoms with van der Waals surface area (Å²) in [5, 5.41) is 3.47. The Morgan fingerprint density at radius 1 is 1.53 bits per heavy atom. The summed E-state index contributed by atoms with van der Waals surface area (Å²) in [7, 11) is 0. The van der Waals surface area contributed by atoms with E-state index >= 15 is 0 Å². The zero-order chi connectivity index (χ0) is 13.7. The summed E-state index contributed by atoms with van der Waals surface area (Å²) in [4.78, 5) is 6.89. The number of hydrogen-bond acceptors (Lipinski definition) is 4. The van der Waals surface area contributed by atoms with E-state index in [1.54, 1.807) is 0 Å². The van der Waals surface area contributed by atoms with Crippen LogP contribution in [0.3, 0.4) is 0 Å². The highest BCUT2D eigenvalue weighted by molar-refractivity contribution is 5.54. The average molecular weight is 263 g/mol. The number of nitrogens with one attached hydrogen (secondary N) is 1. The fourth-order valence-corrected chi connectivity index (χ4v) is 2.46. The maximum atomic E-state index is 5.53. The first-order valence-electron chi connectivity index (χ1n) is 7.23. The molecule has 0 aromatic carbocycles. The van der Waals surface area contributed by atoms with Crippen molar-refractivity contribution in [2.45, 2.75) is 39.8 Å². The second-order valence-corrected chi connectivity index (χ2v) is 5.25. The van der Waals surface area contributed by atoms with Gasteiger partial charge in [-0.3, -0.25) is 4.98 Å². The number of nitrogens with zero attached hydrogens (tertiary/aromatic N) is 2. The lowest BCUT2D eigenvalue weighted by Gasteiger charge is -2.36. The van der Waals surface area contributed by atoms with Gasteiger partial charge >= 0.3 is 0 Å². The van der Waals surface area contributed by atoms with Crippen molar-refractivity contribution in [1.82, 2.24) is 10.3 Å². The highest BCUT2D eigenvalue weighted by atomic mass is 16.5. The molecule has 0 radical (unpaired) electrons. The van der Waals surface area contributed by atoms with Gasteiger partial charge in [0.15, 0.2) is 0 Å². The Balaban J connectivity index is 2.18. The van der Waals surface area contributed by atoms with E-state index in [4.69, 9.17) is 4.74 Å². The van der Waals surface area contributed by atoms with Crippen LogP contribution < -0.4 is 10.2 Å². The monoisotopic (exact) mass is 263 g/mol. The van der Waals surface area contributed by atoms with Gasteiger partial charge in [0.05, 0.1) is 13.2 Å². The maximum Gasteiger partial charge on any atom is 0.0668 e. The van der Waals surface area contributed by atoms with Gasteiger partial charge in [-0.05, 0) is 32.9 Å². The fourth-order valence-electron chi connectivity index (χ4n) is 2.46. The van der Waals surface area contributed by atoms with Crippen LogP contribution in [-0.4, -0.2) is 37.3 Å². The molecule has 19 heavy (non-hydrogen) atoms. The number of pyridine rings is 1. The van der Waals surface area contributed by atoms with Crippen LogP contribution >= 0.6 is 0 Å². The summed E-state index contributed by atoms with van der Waals surface area (Å²) in [5.41, 5.74) is 3.67.